The van der Waals surface area contributed by atoms with E-state index >= 15 is 0 Å². The average Bonchev–Trinajstić information content (AvgIpc) is 2.14. The van der Waals surface area contributed by atoms with Gasteiger partial charge in [0.15, 0.2) is 0 Å². The van der Waals surface area contributed by atoms with Crippen molar-refractivity contribution < 1.29 is 13.2 Å². The number of sulfonamides is 1. The Hall–Kier alpha value is -0.620. The molecule has 6 heteroatoms. The molecule has 0 rings (SSSR count). The van der Waals surface area contributed by atoms with Crippen molar-refractivity contribution in [2.45, 2.75) is 39.7 Å². The highest BCUT2D eigenvalue weighted by Crippen LogP contribution is 2.05. The molecule has 2 atom stereocenters. The smallest absolute Gasteiger partial charge is 0.250 e. The van der Waals surface area contributed by atoms with Crippen LogP contribution in [-0.2, 0) is 14.8 Å². The normalized spacial score (nSPS) is 15.7. The van der Waals surface area contributed by atoms with Crippen LogP contribution in [0.1, 0.15) is 33.6 Å². The van der Waals surface area contributed by atoms with Gasteiger partial charge in [0.2, 0.25) is 10.0 Å². The van der Waals surface area contributed by atoms with E-state index in [1.54, 1.807) is 6.92 Å². The van der Waals surface area contributed by atoms with E-state index in [0.717, 1.165) is 6.42 Å². The van der Waals surface area contributed by atoms with Crippen molar-refractivity contribution in [3.8, 4) is 0 Å². The maximum absolute atomic E-state index is 11.4. The number of hydrogen-bond acceptors (Lipinski definition) is 4. The third-order valence-corrected chi connectivity index (χ3v) is 3.75. The van der Waals surface area contributed by atoms with Gasteiger partial charge in [-0.25, -0.2) is 8.42 Å². The molecule has 0 aromatic carbocycles. The molecule has 0 aromatic heterocycles. The Balaban J connectivity index is 4.37. The van der Waals surface area contributed by atoms with E-state index in [-0.39, 0.29) is 11.7 Å². The summed E-state index contributed by atoms with van der Waals surface area (Å²) >= 11 is 0. The van der Waals surface area contributed by atoms with E-state index in [2.05, 4.69) is 0 Å². The zero-order valence-corrected chi connectivity index (χ0v) is 10.3. The number of nitrogens with one attached hydrogen (secondary N) is 1. The molecule has 0 heterocycles. The van der Waals surface area contributed by atoms with Crippen molar-refractivity contribution in [2.24, 2.45) is 11.7 Å². The zero-order chi connectivity index (χ0) is 12.1. The molecule has 0 aromatic rings. The fourth-order valence-corrected chi connectivity index (χ4v) is 2.14. The first-order valence-electron chi connectivity index (χ1n) is 5.14. The van der Waals surface area contributed by atoms with Gasteiger partial charge in [-0.3, -0.25) is 9.52 Å². The Bertz CT molecular complexity index is 300. The van der Waals surface area contributed by atoms with Crippen LogP contribution in [0.4, 0.5) is 0 Å². The minimum atomic E-state index is -3.50. The number of rotatable bonds is 6. The van der Waals surface area contributed by atoms with Crippen molar-refractivity contribution in [3.63, 3.8) is 0 Å². The van der Waals surface area contributed by atoms with Crippen LogP contribution in [-0.4, -0.2) is 26.1 Å². The summed E-state index contributed by atoms with van der Waals surface area (Å²) in [7, 11) is -3.50. The molecule has 90 valence electrons. The first-order valence-corrected chi connectivity index (χ1v) is 6.79. The van der Waals surface area contributed by atoms with Gasteiger partial charge in [-0.15, -0.1) is 0 Å². The SMILES string of the molecule is CCCS(=O)(=O)NC(=O)[C@@H](N)C(C)CC. The second-order valence-electron chi connectivity index (χ2n) is 3.70. The lowest BCUT2D eigenvalue weighted by molar-refractivity contribution is -0.121. The van der Waals surface area contributed by atoms with Crippen LogP contribution >= 0.6 is 0 Å². The minimum Gasteiger partial charge on any atom is -0.320 e. The molecule has 0 radical (unpaired) electrons. The van der Waals surface area contributed by atoms with Crippen LogP contribution in [0, 0.1) is 5.92 Å². The van der Waals surface area contributed by atoms with Crippen molar-refractivity contribution in [1.29, 1.82) is 0 Å². The molecule has 0 saturated carbocycles. The highest BCUT2D eigenvalue weighted by molar-refractivity contribution is 7.90. The predicted molar refractivity (Wildman–Crippen MR) is 59.7 cm³/mol. The molecule has 3 N–H and O–H groups in total. The Morgan fingerprint density at radius 3 is 2.33 bits per heavy atom. The number of nitrogens with two attached hydrogens (primary N) is 1. The molecule has 0 aliphatic carbocycles. The molecule has 1 amide bonds. The second kappa shape index (κ2) is 6.07. The lowest BCUT2D eigenvalue weighted by Crippen LogP contribution is -2.47. The molecule has 5 nitrogen and oxygen atoms in total. The van der Waals surface area contributed by atoms with Crippen molar-refractivity contribution >= 4 is 15.9 Å². The molecule has 0 aliphatic heterocycles. The third kappa shape index (κ3) is 5.13. The molecular weight excluding hydrogens is 216 g/mol. The Morgan fingerprint density at radius 1 is 1.40 bits per heavy atom. The Kier molecular flexibility index (Phi) is 5.82. The summed E-state index contributed by atoms with van der Waals surface area (Å²) in [4.78, 5) is 11.4. The molecule has 15 heavy (non-hydrogen) atoms. The van der Waals surface area contributed by atoms with Gasteiger partial charge >= 0.3 is 0 Å². The first-order chi connectivity index (χ1) is 6.84. The molecule has 1 unspecified atom stereocenters. The molecule has 0 aliphatic rings. The van der Waals surface area contributed by atoms with Gasteiger partial charge in [0.25, 0.3) is 5.91 Å². The van der Waals surface area contributed by atoms with Crippen LogP contribution in [0.2, 0.25) is 0 Å². The highest BCUT2D eigenvalue weighted by atomic mass is 32.2. The lowest BCUT2D eigenvalue weighted by Gasteiger charge is -2.17. The van der Waals surface area contributed by atoms with Crippen LogP contribution in [0.5, 0.6) is 0 Å². The third-order valence-electron chi connectivity index (χ3n) is 2.29. The van der Waals surface area contributed by atoms with Crippen LogP contribution in [0.15, 0.2) is 0 Å². The van der Waals surface area contributed by atoms with Gasteiger partial charge in [-0.2, -0.15) is 0 Å². The lowest BCUT2D eigenvalue weighted by atomic mass is 10.00. The van der Waals surface area contributed by atoms with E-state index in [1.165, 1.54) is 0 Å². The van der Waals surface area contributed by atoms with E-state index in [1.807, 2.05) is 18.6 Å². The van der Waals surface area contributed by atoms with Gasteiger partial charge in [-0.05, 0) is 12.3 Å². The maximum Gasteiger partial charge on any atom is 0.250 e. The number of carbonyl (C=O) groups is 1. The minimum absolute atomic E-state index is 0.0261. The summed E-state index contributed by atoms with van der Waals surface area (Å²) in [5.41, 5.74) is 5.60. The fraction of sp³-hybridized carbons (Fsp3) is 0.889. The molecular formula is C9H20N2O3S. The largest absolute Gasteiger partial charge is 0.320 e. The first kappa shape index (κ1) is 14.4. The van der Waals surface area contributed by atoms with Crippen molar-refractivity contribution in [3.05, 3.63) is 0 Å². The number of hydrogen-bond donors (Lipinski definition) is 2. The van der Waals surface area contributed by atoms with Crippen LogP contribution < -0.4 is 10.5 Å². The summed E-state index contributed by atoms with van der Waals surface area (Å²) in [5, 5.41) is 0. The van der Waals surface area contributed by atoms with Gasteiger partial charge in [0.05, 0.1) is 11.8 Å². The predicted octanol–water partition coefficient (Wildman–Crippen LogP) is 0.216. The quantitative estimate of drug-likeness (QED) is 0.690. The van der Waals surface area contributed by atoms with Gasteiger partial charge < -0.3 is 5.73 Å². The molecule has 0 fully saturated rings. The number of amides is 1. The fourth-order valence-electron chi connectivity index (χ4n) is 1.05. The topological polar surface area (TPSA) is 89.3 Å². The monoisotopic (exact) mass is 236 g/mol. The van der Waals surface area contributed by atoms with Gasteiger partial charge in [0, 0.05) is 0 Å². The summed E-state index contributed by atoms with van der Waals surface area (Å²) in [6.45, 7) is 5.45. The zero-order valence-electron chi connectivity index (χ0n) is 9.49. The van der Waals surface area contributed by atoms with Gasteiger partial charge in [-0.1, -0.05) is 27.2 Å². The van der Waals surface area contributed by atoms with Gasteiger partial charge in [0.1, 0.15) is 0 Å². The molecule has 0 spiro atoms. The van der Waals surface area contributed by atoms with E-state index < -0.39 is 22.0 Å². The summed E-state index contributed by atoms with van der Waals surface area (Å²) in [6, 6.07) is -0.762. The van der Waals surface area contributed by atoms with Crippen LogP contribution in [0.3, 0.4) is 0 Å². The standard InChI is InChI=1S/C9H20N2O3S/c1-4-6-15(13,14)11-9(12)8(10)7(3)5-2/h7-8H,4-6,10H2,1-3H3,(H,11,12)/t7?,8-/m0/s1. The van der Waals surface area contributed by atoms with E-state index in [4.69, 9.17) is 5.73 Å². The molecule has 0 saturated heterocycles. The van der Waals surface area contributed by atoms with Crippen molar-refractivity contribution in [1.82, 2.24) is 4.72 Å². The Labute approximate surface area is 91.5 Å². The second-order valence-corrected chi connectivity index (χ2v) is 5.54. The summed E-state index contributed by atoms with van der Waals surface area (Å²) < 4.78 is 24.5. The van der Waals surface area contributed by atoms with Crippen molar-refractivity contribution in [2.75, 3.05) is 5.75 Å². The van der Waals surface area contributed by atoms with Crippen LogP contribution in [0.25, 0.3) is 0 Å². The summed E-state index contributed by atoms with van der Waals surface area (Å²) in [5.74, 6) is -0.689. The van der Waals surface area contributed by atoms with E-state index in [9.17, 15) is 13.2 Å². The Morgan fingerprint density at radius 2 is 1.93 bits per heavy atom. The summed E-state index contributed by atoms with van der Waals surface area (Å²) in [6.07, 6.45) is 1.21. The maximum atomic E-state index is 11.4. The average molecular weight is 236 g/mol. The highest BCUT2D eigenvalue weighted by Gasteiger charge is 2.23. The molecule has 0 bridgehead atoms. The van der Waals surface area contributed by atoms with E-state index in [0.29, 0.717) is 6.42 Å². The number of carbonyl (C=O) groups excluding carboxylic acids is 1.